The second kappa shape index (κ2) is 5.56. The number of hydrogen-bond acceptors (Lipinski definition) is 4. The molecule has 7 heteroatoms. The zero-order chi connectivity index (χ0) is 13.1. The number of aromatic nitrogens is 2. The minimum absolute atomic E-state index is 0.0982. The van der Waals surface area contributed by atoms with E-state index in [2.05, 4.69) is 10.2 Å². The molecule has 0 saturated heterocycles. The zero-order valence-corrected chi connectivity index (χ0v) is 11.1. The van der Waals surface area contributed by atoms with Gasteiger partial charge in [0, 0.05) is 4.90 Å². The van der Waals surface area contributed by atoms with Crippen molar-refractivity contribution in [2.24, 2.45) is 0 Å². The van der Waals surface area contributed by atoms with E-state index >= 15 is 0 Å². The van der Waals surface area contributed by atoms with Gasteiger partial charge in [0.1, 0.15) is 5.03 Å². The summed E-state index contributed by atoms with van der Waals surface area (Å²) in [6.45, 7) is 0. The molecule has 0 radical (unpaired) electrons. The van der Waals surface area contributed by atoms with Gasteiger partial charge >= 0.3 is 5.97 Å². The maximum Gasteiger partial charge on any atom is 0.338 e. The first kappa shape index (κ1) is 13.1. The summed E-state index contributed by atoms with van der Waals surface area (Å²) in [4.78, 5) is 11.7. The van der Waals surface area contributed by atoms with E-state index in [-0.39, 0.29) is 5.56 Å². The fraction of sp³-hybridized carbons (Fsp3) is 0. The average Bonchev–Trinajstić information content (AvgIpc) is 2.34. The first-order chi connectivity index (χ1) is 8.58. The highest BCUT2D eigenvalue weighted by Crippen LogP contribution is 2.32. The smallest absolute Gasteiger partial charge is 0.338 e. The molecule has 1 aromatic carbocycles. The van der Waals surface area contributed by atoms with E-state index in [1.807, 2.05) is 0 Å². The molecule has 0 aliphatic rings. The van der Waals surface area contributed by atoms with Gasteiger partial charge in [-0.3, -0.25) is 0 Å². The molecule has 0 saturated carbocycles. The molecule has 0 aliphatic heterocycles. The summed E-state index contributed by atoms with van der Waals surface area (Å²) in [5.74, 6) is -1.05. The molecule has 0 atom stereocenters. The molecule has 1 N–H and O–H groups in total. The molecule has 18 heavy (non-hydrogen) atoms. The molecule has 1 heterocycles. The van der Waals surface area contributed by atoms with Crippen molar-refractivity contribution < 1.29 is 9.90 Å². The van der Waals surface area contributed by atoms with E-state index in [1.165, 1.54) is 24.0 Å². The van der Waals surface area contributed by atoms with Gasteiger partial charge in [-0.1, -0.05) is 35.0 Å². The number of hydrogen-bond donors (Lipinski definition) is 1. The highest BCUT2D eigenvalue weighted by molar-refractivity contribution is 7.99. The van der Waals surface area contributed by atoms with Gasteiger partial charge in [-0.25, -0.2) is 4.79 Å². The summed E-state index contributed by atoms with van der Waals surface area (Å²) in [5.41, 5.74) is 0.0982. The maximum absolute atomic E-state index is 11.0. The Morgan fingerprint density at radius 2 is 2.00 bits per heavy atom. The van der Waals surface area contributed by atoms with Crippen LogP contribution >= 0.6 is 35.0 Å². The molecule has 0 unspecified atom stereocenters. The summed E-state index contributed by atoms with van der Waals surface area (Å²) < 4.78 is 0. The van der Waals surface area contributed by atoms with E-state index < -0.39 is 5.97 Å². The number of carboxylic acid groups (broad SMARTS) is 1. The maximum atomic E-state index is 11.0. The summed E-state index contributed by atoms with van der Waals surface area (Å²) in [7, 11) is 0. The highest BCUT2D eigenvalue weighted by Gasteiger charge is 2.13. The molecule has 2 rings (SSSR count). The predicted molar refractivity (Wildman–Crippen MR) is 69.6 cm³/mol. The van der Waals surface area contributed by atoms with Crippen molar-refractivity contribution in [3.63, 3.8) is 0 Å². The van der Waals surface area contributed by atoms with Crippen LogP contribution in [-0.2, 0) is 0 Å². The molecule has 0 amide bonds. The minimum atomic E-state index is -1.05. The average molecular weight is 301 g/mol. The van der Waals surface area contributed by atoms with E-state index in [0.29, 0.717) is 15.1 Å². The Labute approximate surface area is 117 Å². The number of benzene rings is 1. The molecule has 2 aromatic rings. The second-order valence-electron chi connectivity index (χ2n) is 3.23. The fourth-order valence-electron chi connectivity index (χ4n) is 1.21. The standard InChI is InChI=1S/C11H6Cl2N2O2S/c12-8-2-1-6(5-9(8)13)18-10-7(11(16)17)3-4-14-15-10/h1-5H,(H,16,17). The second-order valence-corrected chi connectivity index (χ2v) is 5.11. The number of rotatable bonds is 3. The zero-order valence-electron chi connectivity index (χ0n) is 8.80. The molecule has 0 aliphatic carbocycles. The number of nitrogens with zero attached hydrogens (tertiary/aromatic N) is 2. The monoisotopic (exact) mass is 300 g/mol. The lowest BCUT2D eigenvalue weighted by Gasteiger charge is -2.04. The van der Waals surface area contributed by atoms with Crippen molar-refractivity contribution in [1.82, 2.24) is 10.2 Å². The Morgan fingerprint density at radius 3 is 2.67 bits per heavy atom. The fourth-order valence-corrected chi connectivity index (χ4v) is 2.46. The molecule has 4 nitrogen and oxygen atoms in total. The summed E-state index contributed by atoms with van der Waals surface area (Å²) in [6.07, 6.45) is 1.34. The Bertz CT molecular complexity index is 607. The van der Waals surface area contributed by atoms with Crippen molar-refractivity contribution in [3.8, 4) is 0 Å². The summed E-state index contributed by atoms with van der Waals surface area (Å²) in [6, 6.07) is 6.42. The van der Waals surface area contributed by atoms with Crippen molar-refractivity contribution >= 4 is 40.9 Å². The van der Waals surface area contributed by atoms with Crippen LogP contribution in [0.1, 0.15) is 10.4 Å². The molecule has 1 aromatic heterocycles. The van der Waals surface area contributed by atoms with Crippen molar-refractivity contribution in [2.45, 2.75) is 9.92 Å². The number of aromatic carboxylic acids is 1. The van der Waals surface area contributed by atoms with Gasteiger partial charge in [0.2, 0.25) is 0 Å². The minimum Gasteiger partial charge on any atom is -0.478 e. The van der Waals surface area contributed by atoms with Gasteiger partial charge < -0.3 is 5.11 Å². The van der Waals surface area contributed by atoms with Crippen LogP contribution in [0.2, 0.25) is 10.0 Å². The SMILES string of the molecule is O=C(O)c1ccnnc1Sc1ccc(Cl)c(Cl)c1. The Kier molecular flexibility index (Phi) is 4.06. The third-order valence-corrected chi connectivity index (χ3v) is 3.75. The largest absolute Gasteiger partial charge is 0.478 e. The van der Waals surface area contributed by atoms with Crippen LogP contribution in [0.3, 0.4) is 0 Å². The third-order valence-electron chi connectivity index (χ3n) is 2.02. The Hall–Kier alpha value is -1.30. The highest BCUT2D eigenvalue weighted by atomic mass is 35.5. The van der Waals surface area contributed by atoms with Crippen molar-refractivity contribution in [2.75, 3.05) is 0 Å². The lowest BCUT2D eigenvalue weighted by molar-refractivity contribution is 0.0692. The lowest BCUT2D eigenvalue weighted by atomic mass is 10.3. The molecule has 0 bridgehead atoms. The van der Waals surface area contributed by atoms with Gasteiger partial charge in [-0.05, 0) is 24.3 Å². The van der Waals surface area contributed by atoms with Gasteiger partial charge in [0.15, 0.2) is 0 Å². The van der Waals surface area contributed by atoms with E-state index in [0.717, 1.165) is 4.90 Å². The van der Waals surface area contributed by atoms with Crippen LogP contribution in [0.5, 0.6) is 0 Å². The van der Waals surface area contributed by atoms with E-state index in [1.54, 1.807) is 18.2 Å². The van der Waals surface area contributed by atoms with E-state index in [4.69, 9.17) is 28.3 Å². The predicted octanol–water partition coefficient (Wildman–Crippen LogP) is 3.63. The van der Waals surface area contributed by atoms with Crippen LogP contribution in [0.4, 0.5) is 0 Å². The van der Waals surface area contributed by atoms with Gasteiger partial charge in [-0.15, -0.1) is 5.10 Å². The third kappa shape index (κ3) is 2.93. The van der Waals surface area contributed by atoms with Crippen molar-refractivity contribution in [3.05, 3.63) is 46.1 Å². The molecule has 0 spiro atoms. The van der Waals surface area contributed by atoms with Crippen LogP contribution in [0.15, 0.2) is 40.4 Å². The van der Waals surface area contributed by atoms with Gasteiger partial charge in [0.05, 0.1) is 21.8 Å². The molecular formula is C11H6Cl2N2O2S. The van der Waals surface area contributed by atoms with Gasteiger partial charge in [-0.2, -0.15) is 5.10 Å². The number of carboxylic acids is 1. The number of halogens is 2. The number of carbonyl (C=O) groups is 1. The summed E-state index contributed by atoms with van der Waals surface area (Å²) in [5, 5.41) is 17.6. The normalized spacial score (nSPS) is 10.3. The topological polar surface area (TPSA) is 63.1 Å². The van der Waals surface area contributed by atoms with Crippen molar-refractivity contribution in [1.29, 1.82) is 0 Å². The van der Waals surface area contributed by atoms with Crippen LogP contribution in [0.25, 0.3) is 0 Å². The van der Waals surface area contributed by atoms with Crippen LogP contribution < -0.4 is 0 Å². The van der Waals surface area contributed by atoms with Crippen LogP contribution in [-0.4, -0.2) is 21.3 Å². The Morgan fingerprint density at radius 1 is 1.22 bits per heavy atom. The molecule has 0 fully saturated rings. The first-order valence-electron chi connectivity index (χ1n) is 4.76. The summed E-state index contributed by atoms with van der Waals surface area (Å²) >= 11 is 12.9. The van der Waals surface area contributed by atoms with E-state index in [9.17, 15) is 4.79 Å². The molecule has 92 valence electrons. The quantitative estimate of drug-likeness (QED) is 0.937. The van der Waals surface area contributed by atoms with Crippen LogP contribution in [0, 0.1) is 0 Å². The van der Waals surface area contributed by atoms with Gasteiger partial charge in [0.25, 0.3) is 0 Å². The Balaban J connectivity index is 2.34. The molecular weight excluding hydrogens is 295 g/mol. The lowest BCUT2D eigenvalue weighted by Crippen LogP contribution is -2.01. The first-order valence-corrected chi connectivity index (χ1v) is 6.33.